The number of hydrogen-bond donors (Lipinski definition) is 5. The third-order valence-corrected chi connectivity index (χ3v) is 9.60. The summed E-state index contributed by atoms with van der Waals surface area (Å²) >= 11 is 0. The molecular formula is C42H45N5O17P2Y2-2. The minimum atomic E-state index is -4.81. The molecule has 4 aromatic carbocycles. The van der Waals surface area contributed by atoms with Crippen LogP contribution in [0.3, 0.4) is 0 Å². The Kier molecular flexibility index (Phi) is 23.9. The number of rotatable bonds is 21. The number of ether oxygens (including phenoxy) is 6. The summed E-state index contributed by atoms with van der Waals surface area (Å²) in [5.41, 5.74) is 2.85. The van der Waals surface area contributed by atoms with Crippen molar-refractivity contribution in [1.29, 1.82) is 0 Å². The molecule has 2 aromatic heterocycles. The fraction of sp³-hybridized carbons (Fsp3) is 0.238. The summed E-state index contributed by atoms with van der Waals surface area (Å²) in [5, 5.41) is 2.38. The average molecular weight is 1130 g/mol. The second-order valence-electron chi connectivity index (χ2n) is 13.1. The predicted molar refractivity (Wildman–Crippen MR) is 236 cm³/mol. The number of nitrogens with zero attached hydrogens (tertiary/aromatic N) is 4. The molecule has 0 aliphatic rings. The van der Waals surface area contributed by atoms with E-state index in [1.54, 1.807) is 54.9 Å². The zero-order valence-corrected chi connectivity index (χ0v) is 43.6. The van der Waals surface area contributed by atoms with E-state index in [-0.39, 0.29) is 162 Å². The summed E-state index contributed by atoms with van der Waals surface area (Å²) in [6.45, 7) is 3.35. The number of fused-ring (bicyclic) bond motifs is 2. The van der Waals surface area contributed by atoms with Crippen LogP contribution in [0.5, 0.6) is 46.3 Å². The van der Waals surface area contributed by atoms with Crippen LogP contribution in [0.4, 0.5) is 0 Å². The number of hydrogen-bond acceptors (Lipinski definition) is 17. The number of benzene rings is 4. The smallest absolute Gasteiger partial charge is 0.524 e. The topological polar surface area (TPSA) is 304 Å². The minimum Gasteiger partial charge on any atom is -0.530 e. The van der Waals surface area contributed by atoms with Crippen molar-refractivity contribution in [1.82, 2.24) is 25.3 Å². The van der Waals surface area contributed by atoms with E-state index >= 15 is 0 Å². The van der Waals surface area contributed by atoms with E-state index in [1.165, 1.54) is 52.7 Å². The number of para-hydroxylation sites is 4. The van der Waals surface area contributed by atoms with E-state index in [1.807, 2.05) is 0 Å². The molecule has 0 spiro atoms. The third-order valence-electron chi connectivity index (χ3n) is 8.70. The number of amides is 1. The van der Waals surface area contributed by atoms with Gasteiger partial charge in [0.2, 0.25) is 5.88 Å². The Hall–Kier alpha value is -4.85. The standard InChI is InChI=1S/C22H23N3O9P.C19H18N2O8P.CH4.2Y/c1-31-19-10-14(34-35(28,29)30)11-20(32-2)15(19)12-33-22-21(18(27)8-5-9-23-13-26)24-16-6-3-4-7-17(16)25-22;1-11(22)18-19(21-15-7-5-4-6-14(15)20-18)28-10-13-16(26-2)8-12(9-17(13)27-3)29-30(23,24)25;;;/h3-4,6-7,10-11H,5,8-9,12H2,1-2H3,(H,23,26)(H2,28,29,30);4-9H,1,10H2,2-3H3,(H2,23,24,25);1H4;;/q2*-1;;;. The Morgan fingerprint density at radius 1 is 0.632 bits per heavy atom. The van der Waals surface area contributed by atoms with Gasteiger partial charge < -0.3 is 57.4 Å². The summed E-state index contributed by atoms with van der Waals surface area (Å²) in [6.07, 6.45) is 2.03. The number of carbonyl (C=O) groups excluding carboxylic acids is 3. The second-order valence-corrected chi connectivity index (χ2v) is 15.4. The number of methoxy groups -OCH3 is 4. The van der Waals surface area contributed by atoms with Gasteiger partial charge in [0.15, 0.2) is 17.4 Å². The van der Waals surface area contributed by atoms with Crippen LogP contribution in [-0.4, -0.2) is 92.5 Å². The van der Waals surface area contributed by atoms with Crippen molar-refractivity contribution in [2.45, 2.75) is 33.5 Å². The number of ketones is 2. The molecule has 1 amide bonds. The molecule has 0 saturated carbocycles. The van der Waals surface area contributed by atoms with Crippen molar-refractivity contribution in [3.8, 4) is 46.3 Å². The van der Waals surface area contributed by atoms with Crippen LogP contribution in [0.25, 0.3) is 22.1 Å². The van der Waals surface area contributed by atoms with Crippen LogP contribution in [-0.2, 0) is 92.6 Å². The van der Waals surface area contributed by atoms with Crippen LogP contribution in [0.1, 0.15) is 52.4 Å². The van der Waals surface area contributed by atoms with Gasteiger partial charge in [0, 0.05) is 108 Å². The van der Waals surface area contributed by atoms with Gasteiger partial charge in [-0.2, -0.15) is 13.3 Å². The molecular weight excluding hydrogens is 1090 g/mol. The molecule has 358 valence electrons. The molecule has 22 nitrogen and oxygen atoms in total. The maximum absolute atomic E-state index is 12.9. The number of nitrogens with one attached hydrogen (secondary N) is 1. The van der Waals surface area contributed by atoms with Crippen molar-refractivity contribution in [3.63, 3.8) is 0 Å². The molecule has 0 aliphatic carbocycles. The first-order chi connectivity index (χ1) is 31.0. The fourth-order valence-corrected chi connectivity index (χ4v) is 6.66. The molecule has 0 fully saturated rings. The Balaban J connectivity index is 0.000000452. The van der Waals surface area contributed by atoms with Gasteiger partial charge in [-0.1, -0.05) is 31.7 Å². The first kappa shape index (κ1) is 59.3. The zero-order valence-electron chi connectivity index (χ0n) is 36.1. The van der Waals surface area contributed by atoms with Gasteiger partial charge in [-0.25, -0.2) is 24.1 Å². The Morgan fingerprint density at radius 2 is 0.985 bits per heavy atom. The van der Waals surface area contributed by atoms with Gasteiger partial charge in [0.25, 0.3) is 0 Å². The molecule has 6 aromatic rings. The number of Topliss-reactive ketones (excluding diaryl/α,β-unsaturated/α-hetero) is 2. The molecule has 5 N–H and O–H groups in total. The van der Waals surface area contributed by atoms with Crippen molar-refractivity contribution in [3.05, 3.63) is 102 Å². The first-order valence-corrected chi connectivity index (χ1v) is 21.8. The van der Waals surface area contributed by atoms with Crippen LogP contribution in [0.15, 0.2) is 72.8 Å². The zero-order chi connectivity index (χ0) is 47.3. The molecule has 68 heavy (non-hydrogen) atoms. The quantitative estimate of drug-likeness (QED) is 0.0191. The van der Waals surface area contributed by atoms with E-state index in [4.69, 9.17) is 48.0 Å². The predicted octanol–water partition coefficient (Wildman–Crippen LogP) is 5.66. The SMILES string of the molecule is C.COc1cc(OP(=O)(O)O)cc(OC)c1COc1nc2ccccc2nc1C(=O)CCCN[C-]=O.[CH2-]C(=O)c1nc2ccccc2nc1OCc1c(OC)cc(OP(=O)(O)O)cc1OC.[Y].[Y]. The van der Waals surface area contributed by atoms with Gasteiger partial charge >= 0.3 is 15.6 Å². The summed E-state index contributed by atoms with van der Waals surface area (Å²) < 4.78 is 64.3. The molecule has 2 radical (unpaired) electrons. The molecule has 0 unspecified atom stereocenters. The van der Waals surface area contributed by atoms with Crippen LogP contribution < -0.4 is 42.8 Å². The van der Waals surface area contributed by atoms with Crippen molar-refractivity contribution in [2.24, 2.45) is 0 Å². The molecule has 26 heteroatoms. The minimum absolute atomic E-state index is 0. The number of aromatic nitrogens is 4. The molecule has 0 saturated heterocycles. The van der Waals surface area contributed by atoms with Crippen LogP contribution in [0, 0.1) is 6.92 Å². The Morgan fingerprint density at radius 3 is 1.32 bits per heavy atom. The van der Waals surface area contributed by atoms with Crippen LogP contribution in [0.2, 0.25) is 0 Å². The summed E-state index contributed by atoms with van der Waals surface area (Å²) in [5.74, 6) is -0.517. The van der Waals surface area contributed by atoms with E-state index < -0.39 is 21.4 Å². The largest absolute Gasteiger partial charge is 0.530 e. The van der Waals surface area contributed by atoms with E-state index in [9.17, 15) is 23.5 Å². The molecule has 2 heterocycles. The number of phosphoric ester groups is 2. The normalized spacial score (nSPS) is 10.6. The fourth-order valence-electron chi connectivity index (χ4n) is 5.90. The summed E-state index contributed by atoms with van der Waals surface area (Å²) in [4.78, 5) is 88.7. The van der Waals surface area contributed by atoms with Crippen molar-refractivity contribution in [2.75, 3.05) is 35.0 Å². The Bertz CT molecular complexity index is 2750. The molecule has 0 aliphatic heterocycles. The van der Waals surface area contributed by atoms with Crippen molar-refractivity contribution >= 4 is 55.7 Å². The number of carbonyl (C=O) groups is 2. The number of phosphoric acid groups is 2. The maximum Gasteiger partial charge on any atom is 0.524 e. The first-order valence-electron chi connectivity index (χ1n) is 18.8. The van der Waals surface area contributed by atoms with Crippen LogP contribution >= 0.6 is 15.6 Å². The van der Waals surface area contributed by atoms with E-state index in [0.29, 0.717) is 39.6 Å². The van der Waals surface area contributed by atoms with Gasteiger partial charge in [-0.05, 0) is 37.2 Å². The van der Waals surface area contributed by atoms with Gasteiger partial charge in [-0.3, -0.25) is 24.4 Å². The van der Waals surface area contributed by atoms with Gasteiger partial charge in [0.05, 0.1) is 61.6 Å². The summed E-state index contributed by atoms with van der Waals surface area (Å²) in [6, 6.07) is 19.1. The average Bonchev–Trinajstić information content (AvgIpc) is 3.27. The molecule has 6 rings (SSSR count). The van der Waals surface area contributed by atoms with Gasteiger partial charge in [0.1, 0.15) is 47.7 Å². The third kappa shape index (κ3) is 16.7. The van der Waals surface area contributed by atoms with Crippen molar-refractivity contribution < 1.29 is 146 Å². The molecule has 0 atom stereocenters. The van der Waals surface area contributed by atoms with Gasteiger partial charge in [-0.15, -0.1) is 0 Å². The second kappa shape index (κ2) is 27.4. The van der Waals surface area contributed by atoms with E-state index in [0.717, 1.165) is 0 Å². The monoisotopic (exact) mass is 1130 g/mol. The maximum atomic E-state index is 12.9. The summed E-state index contributed by atoms with van der Waals surface area (Å²) in [7, 11) is -4.14. The Labute approximate surface area is 440 Å². The van der Waals surface area contributed by atoms with E-state index in [2.05, 4.69) is 41.2 Å². The molecule has 0 bridgehead atoms.